The monoisotopic (exact) mass is 539 g/mol. The fourth-order valence-electron chi connectivity index (χ4n) is 4.23. The number of carbonyl (C=O) groups is 1. The van der Waals surface area contributed by atoms with Crippen molar-refractivity contribution in [1.29, 1.82) is 0 Å². The maximum absolute atomic E-state index is 13.3. The first-order valence-corrected chi connectivity index (χ1v) is 13.5. The molecule has 0 saturated heterocycles. The van der Waals surface area contributed by atoms with E-state index in [0.717, 1.165) is 22.3 Å². The number of fused-ring (bicyclic) bond motifs is 1. The zero-order valence-corrected chi connectivity index (χ0v) is 23.0. The van der Waals surface area contributed by atoms with E-state index in [4.69, 9.17) is 24.5 Å². The number of aromatic nitrogens is 4. The molecule has 0 aliphatic carbocycles. The molecule has 39 heavy (non-hydrogen) atoms. The average Bonchev–Trinajstić information content (AvgIpc) is 3.37. The van der Waals surface area contributed by atoms with Crippen LogP contribution < -0.4 is 14.8 Å². The lowest BCUT2D eigenvalue weighted by atomic mass is 10.2. The summed E-state index contributed by atoms with van der Waals surface area (Å²) in [5.41, 5.74) is 4.01. The SMILES string of the molecule is CCc1nn(-c2ccccc2)c2nc(-c3ccccc3)nc(SC(C)C(=O)Nc3ccc(OC)c(OC)c3)c12. The van der Waals surface area contributed by atoms with Crippen molar-refractivity contribution >= 4 is 34.4 Å². The van der Waals surface area contributed by atoms with Gasteiger partial charge in [0, 0.05) is 17.3 Å². The number of nitrogens with one attached hydrogen (secondary N) is 1. The zero-order valence-electron chi connectivity index (χ0n) is 22.2. The summed E-state index contributed by atoms with van der Waals surface area (Å²) in [5.74, 6) is 1.56. The van der Waals surface area contributed by atoms with Crippen LogP contribution in [0.5, 0.6) is 11.5 Å². The highest BCUT2D eigenvalue weighted by Crippen LogP contribution is 2.35. The minimum absolute atomic E-state index is 0.159. The van der Waals surface area contributed by atoms with E-state index in [0.29, 0.717) is 40.1 Å². The van der Waals surface area contributed by atoms with Gasteiger partial charge in [-0.3, -0.25) is 4.79 Å². The Hall–Kier alpha value is -4.37. The second-order valence-corrected chi connectivity index (χ2v) is 10.1. The zero-order chi connectivity index (χ0) is 27.4. The number of amides is 1. The quantitative estimate of drug-likeness (QED) is 0.177. The van der Waals surface area contributed by atoms with Crippen LogP contribution in [-0.2, 0) is 11.2 Å². The number of ether oxygens (including phenoxy) is 2. The summed E-state index contributed by atoms with van der Waals surface area (Å²) in [6.07, 6.45) is 0.699. The molecule has 0 saturated carbocycles. The van der Waals surface area contributed by atoms with E-state index in [1.54, 1.807) is 32.4 Å². The van der Waals surface area contributed by atoms with Gasteiger partial charge in [-0.25, -0.2) is 14.6 Å². The second-order valence-electron chi connectivity index (χ2n) is 8.78. The Morgan fingerprint density at radius 1 is 0.949 bits per heavy atom. The molecule has 5 aromatic rings. The van der Waals surface area contributed by atoms with Gasteiger partial charge in [-0.05, 0) is 37.6 Å². The van der Waals surface area contributed by atoms with Crippen LogP contribution in [0.25, 0.3) is 28.1 Å². The van der Waals surface area contributed by atoms with Gasteiger partial charge in [0.25, 0.3) is 0 Å². The van der Waals surface area contributed by atoms with E-state index >= 15 is 0 Å². The summed E-state index contributed by atoms with van der Waals surface area (Å²) in [6.45, 7) is 3.92. The number of anilines is 1. The molecule has 2 aromatic heterocycles. The minimum atomic E-state index is -0.454. The van der Waals surface area contributed by atoms with E-state index in [9.17, 15) is 4.79 Å². The molecule has 8 nitrogen and oxygen atoms in total. The van der Waals surface area contributed by atoms with Gasteiger partial charge in [0.05, 0.1) is 36.2 Å². The van der Waals surface area contributed by atoms with Crippen LogP contribution in [-0.4, -0.2) is 45.1 Å². The van der Waals surface area contributed by atoms with Gasteiger partial charge in [0.2, 0.25) is 5.91 Å². The number of nitrogens with zero attached hydrogens (tertiary/aromatic N) is 4. The number of benzene rings is 3. The molecule has 5 rings (SSSR count). The van der Waals surface area contributed by atoms with Gasteiger partial charge < -0.3 is 14.8 Å². The molecule has 1 unspecified atom stereocenters. The topological polar surface area (TPSA) is 91.2 Å². The van der Waals surface area contributed by atoms with Gasteiger partial charge in [-0.2, -0.15) is 5.10 Å². The normalized spacial score (nSPS) is 11.8. The van der Waals surface area contributed by atoms with Gasteiger partial charge in [-0.15, -0.1) is 0 Å². The van der Waals surface area contributed by atoms with Crippen molar-refractivity contribution in [2.24, 2.45) is 0 Å². The molecule has 3 aromatic carbocycles. The van der Waals surface area contributed by atoms with Crippen molar-refractivity contribution < 1.29 is 14.3 Å². The highest BCUT2D eigenvalue weighted by molar-refractivity contribution is 8.00. The Kier molecular flexibility index (Phi) is 7.79. The maximum Gasteiger partial charge on any atom is 0.237 e. The van der Waals surface area contributed by atoms with Gasteiger partial charge >= 0.3 is 0 Å². The van der Waals surface area contributed by atoms with Crippen molar-refractivity contribution in [2.75, 3.05) is 19.5 Å². The van der Waals surface area contributed by atoms with Crippen molar-refractivity contribution in [3.05, 3.63) is 84.6 Å². The number of hydrogen-bond acceptors (Lipinski definition) is 7. The third-order valence-electron chi connectivity index (χ3n) is 6.24. The molecule has 0 spiro atoms. The molecule has 0 aliphatic heterocycles. The number of hydrogen-bond donors (Lipinski definition) is 1. The summed E-state index contributed by atoms with van der Waals surface area (Å²) >= 11 is 1.39. The number of aryl methyl sites for hydroxylation is 1. The molecule has 198 valence electrons. The van der Waals surface area contributed by atoms with E-state index in [-0.39, 0.29) is 5.91 Å². The summed E-state index contributed by atoms with van der Waals surface area (Å²) in [7, 11) is 3.14. The molecule has 0 fully saturated rings. The largest absolute Gasteiger partial charge is 0.493 e. The lowest BCUT2D eigenvalue weighted by molar-refractivity contribution is -0.115. The highest BCUT2D eigenvalue weighted by atomic mass is 32.2. The molecule has 1 atom stereocenters. The predicted octanol–water partition coefficient (Wildman–Crippen LogP) is 6.18. The van der Waals surface area contributed by atoms with Crippen molar-refractivity contribution in [3.8, 4) is 28.6 Å². The van der Waals surface area contributed by atoms with Crippen LogP contribution >= 0.6 is 11.8 Å². The lowest BCUT2D eigenvalue weighted by Crippen LogP contribution is -2.22. The van der Waals surface area contributed by atoms with Gasteiger partial charge in [-0.1, -0.05) is 67.2 Å². The van der Waals surface area contributed by atoms with Crippen molar-refractivity contribution in [2.45, 2.75) is 30.5 Å². The van der Waals surface area contributed by atoms with Crippen LogP contribution in [0, 0.1) is 0 Å². The summed E-state index contributed by atoms with van der Waals surface area (Å²) < 4.78 is 12.5. The van der Waals surface area contributed by atoms with Crippen molar-refractivity contribution in [3.63, 3.8) is 0 Å². The second kappa shape index (κ2) is 11.6. The molecule has 9 heteroatoms. The van der Waals surface area contributed by atoms with Crippen LogP contribution in [0.1, 0.15) is 19.5 Å². The van der Waals surface area contributed by atoms with Gasteiger partial charge in [0.1, 0.15) is 5.03 Å². The molecular formula is C30H29N5O3S. The Balaban J connectivity index is 1.54. The van der Waals surface area contributed by atoms with Crippen LogP contribution in [0.2, 0.25) is 0 Å². The molecule has 0 radical (unpaired) electrons. The third-order valence-corrected chi connectivity index (χ3v) is 7.33. The summed E-state index contributed by atoms with van der Waals surface area (Å²) in [5, 5.41) is 9.01. The maximum atomic E-state index is 13.3. The molecule has 2 heterocycles. The van der Waals surface area contributed by atoms with Crippen LogP contribution in [0.3, 0.4) is 0 Å². The fraction of sp³-hybridized carbons (Fsp3) is 0.200. The molecule has 0 bridgehead atoms. The predicted molar refractivity (Wildman–Crippen MR) is 155 cm³/mol. The minimum Gasteiger partial charge on any atom is -0.493 e. The average molecular weight is 540 g/mol. The number of para-hydroxylation sites is 1. The molecule has 1 amide bonds. The van der Waals surface area contributed by atoms with E-state index in [1.165, 1.54) is 11.8 Å². The molecular weight excluding hydrogens is 510 g/mol. The number of thioether (sulfide) groups is 1. The summed E-state index contributed by atoms with van der Waals surface area (Å²) in [6, 6.07) is 25.1. The first-order chi connectivity index (χ1) is 19.0. The Labute approximate surface area is 231 Å². The van der Waals surface area contributed by atoms with Crippen molar-refractivity contribution in [1.82, 2.24) is 19.7 Å². The Morgan fingerprint density at radius 3 is 2.31 bits per heavy atom. The Morgan fingerprint density at radius 2 is 1.64 bits per heavy atom. The first-order valence-electron chi connectivity index (χ1n) is 12.6. The fourth-order valence-corrected chi connectivity index (χ4v) is 5.20. The number of methoxy groups -OCH3 is 2. The molecule has 0 aliphatic rings. The van der Waals surface area contributed by atoms with E-state index in [2.05, 4.69) is 12.2 Å². The third kappa shape index (κ3) is 5.44. The van der Waals surface area contributed by atoms with Crippen LogP contribution in [0.4, 0.5) is 5.69 Å². The molecule has 1 N–H and O–H groups in total. The summed E-state index contributed by atoms with van der Waals surface area (Å²) in [4.78, 5) is 23.2. The standard InChI is InChI=1S/C30H29N5O3S/c1-5-23-26-28(35(34-23)22-14-10-7-11-15-22)32-27(20-12-8-6-9-13-20)33-30(26)39-19(2)29(36)31-21-16-17-24(37-3)25(18-21)38-4/h6-19H,5H2,1-4H3,(H,31,36). The van der Waals surface area contributed by atoms with Gasteiger partial charge in [0.15, 0.2) is 23.0 Å². The number of carbonyl (C=O) groups excluding carboxylic acids is 1. The first kappa shape index (κ1) is 26.2. The van der Waals surface area contributed by atoms with E-state index in [1.807, 2.05) is 72.3 Å². The highest BCUT2D eigenvalue weighted by Gasteiger charge is 2.24. The lowest BCUT2D eigenvalue weighted by Gasteiger charge is -2.15. The van der Waals surface area contributed by atoms with E-state index < -0.39 is 5.25 Å². The Bertz CT molecular complexity index is 1610. The van der Waals surface area contributed by atoms with Crippen LogP contribution in [0.15, 0.2) is 83.9 Å². The smallest absolute Gasteiger partial charge is 0.237 e. The number of rotatable bonds is 9.